The fourth-order valence-corrected chi connectivity index (χ4v) is 3.49. The van der Waals surface area contributed by atoms with Gasteiger partial charge in [-0.15, -0.1) is 0 Å². The fraction of sp³-hybridized carbons (Fsp3) is 0.900. The van der Waals surface area contributed by atoms with E-state index in [9.17, 15) is 4.79 Å². The molecule has 2 aliphatic heterocycles. The molecule has 0 bridgehead atoms. The van der Waals surface area contributed by atoms with Crippen molar-refractivity contribution in [2.24, 2.45) is 5.92 Å². The van der Waals surface area contributed by atoms with Crippen LogP contribution in [0.4, 0.5) is 0 Å². The van der Waals surface area contributed by atoms with Gasteiger partial charge in [0.15, 0.2) is 0 Å². The Morgan fingerprint density at radius 3 is 3.00 bits per heavy atom. The second kappa shape index (κ2) is 4.53. The number of thioether (sulfide) groups is 1. The molecule has 4 heteroatoms. The van der Waals surface area contributed by atoms with Gasteiger partial charge in [-0.2, -0.15) is 11.8 Å². The van der Waals surface area contributed by atoms with E-state index in [2.05, 4.69) is 0 Å². The quantitative estimate of drug-likeness (QED) is 0.738. The maximum absolute atomic E-state index is 12.0. The highest BCUT2D eigenvalue weighted by Gasteiger charge is 2.33. The molecule has 2 rings (SSSR count). The summed E-state index contributed by atoms with van der Waals surface area (Å²) in [5.41, 5.74) is 0. The summed E-state index contributed by atoms with van der Waals surface area (Å²) < 4.78 is 0. The molecule has 0 aromatic heterocycles. The van der Waals surface area contributed by atoms with Crippen molar-refractivity contribution in [1.82, 2.24) is 4.90 Å². The van der Waals surface area contributed by atoms with Gasteiger partial charge in [-0.05, 0) is 25.0 Å². The van der Waals surface area contributed by atoms with Gasteiger partial charge < -0.3 is 10.0 Å². The first kappa shape index (κ1) is 10.3. The Hall–Kier alpha value is -0.220. The third kappa shape index (κ3) is 1.91. The largest absolute Gasteiger partial charge is 0.394 e. The molecule has 2 heterocycles. The summed E-state index contributed by atoms with van der Waals surface area (Å²) in [7, 11) is 0. The molecule has 0 aromatic carbocycles. The molecule has 2 fully saturated rings. The lowest BCUT2D eigenvalue weighted by Crippen LogP contribution is -2.41. The van der Waals surface area contributed by atoms with E-state index < -0.39 is 0 Å². The number of hydrogen-bond acceptors (Lipinski definition) is 3. The normalized spacial score (nSPS) is 32.5. The maximum atomic E-state index is 12.0. The first-order chi connectivity index (χ1) is 6.83. The third-order valence-corrected chi connectivity index (χ3v) is 4.31. The van der Waals surface area contributed by atoms with Gasteiger partial charge in [-0.3, -0.25) is 4.79 Å². The van der Waals surface area contributed by atoms with E-state index in [1.165, 1.54) is 0 Å². The Balaban J connectivity index is 1.95. The highest BCUT2D eigenvalue weighted by atomic mass is 32.2. The summed E-state index contributed by atoms with van der Waals surface area (Å²) in [6, 6.07) is 0.105. The van der Waals surface area contributed by atoms with Crippen molar-refractivity contribution >= 4 is 17.7 Å². The molecule has 0 saturated carbocycles. The molecule has 2 saturated heterocycles. The van der Waals surface area contributed by atoms with Crippen LogP contribution in [0.5, 0.6) is 0 Å². The van der Waals surface area contributed by atoms with E-state index in [1.54, 1.807) is 0 Å². The minimum Gasteiger partial charge on any atom is -0.394 e. The number of rotatable bonds is 2. The topological polar surface area (TPSA) is 40.5 Å². The van der Waals surface area contributed by atoms with Gasteiger partial charge in [0.25, 0.3) is 0 Å². The highest BCUT2D eigenvalue weighted by molar-refractivity contribution is 7.99. The first-order valence-electron chi connectivity index (χ1n) is 5.32. The molecule has 2 atom stereocenters. The van der Waals surface area contributed by atoms with Gasteiger partial charge in [0, 0.05) is 18.2 Å². The predicted molar refractivity (Wildman–Crippen MR) is 57.3 cm³/mol. The molecule has 3 nitrogen and oxygen atoms in total. The van der Waals surface area contributed by atoms with Gasteiger partial charge in [0.05, 0.1) is 12.6 Å². The fourth-order valence-electron chi connectivity index (χ4n) is 2.28. The van der Waals surface area contributed by atoms with Crippen LogP contribution in [0.1, 0.15) is 19.3 Å². The zero-order valence-electron chi connectivity index (χ0n) is 8.32. The number of carbonyl (C=O) groups is 1. The van der Waals surface area contributed by atoms with Crippen LogP contribution in [0.15, 0.2) is 0 Å². The first-order valence-corrected chi connectivity index (χ1v) is 6.47. The van der Waals surface area contributed by atoms with Gasteiger partial charge in [0.2, 0.25) is 5.91 Å². The Morgan fingerprint density at radius 2 is 2.36 bits per heavy atom. The van der Waals surface area contributed by atoms with Gasteiger partial charge in [-0.25, -0.2) is 0 Å². The molecule has 80 valence electrons. The average Bonchev–Trinajstić information content (AvgIpc) is 2.87. The zero-order valence-corrected chi connectivity index (χ0v) is 9.13. The molecule has 2 unspecified atom stereocenters. The van der Waals surface area contributed by atoms with Crippen molar-refractivity contribution in [3.05, 3.63) is 0 Å². The number of aliphatic hydroxyl groups is 1. The lowest BCUT2D eigenvalue weighted by molar-refractivity contribution is -0.136. The van der Waals surface area contributed by atoms with E-state index in [4.69, 9.17) is 5.11 Å². The van der Waals surface area contributed by atoms with Crippen LogP contribution in [-0.4, -0.2) is 46.6 Å². The van der Waals surface area contributed by atoms with Crippen LogP contribution in [0.3, 0.4) is 0 Å². The van der Waals surface area contributed by atoms with Crippen molar-refractivity contribution in [3.8, 4) is 0 Å². The van der Waals surface area contributed by atoms with Gasteiger partial charge >= 0.3 is 0 Å². The Bertz CT molecular complexity index is 216. The number of amides is 1. The summed E-state index contributed by atoms with van der Waals surface area (Å²) in [6.45, 7) is 0.983. The van der Waals surface area contributed by atoms with Crippen LogP contribution in [0.2, 0.25) is 0 Å². The predicted octanol–water partition coefficient (Wildman–Crippen LogP) is 0.723. The van der Waals surface area contributed by atoms with Crippen molar-refractivity contribution in [2.75, 3.05) is 24.7 Å². The van der Waals surface area contributed by atoms with Crippen molar-refractivity contribution in [2.45, 2.75) is 25.3 Å². The number of nitrogens with zero attached hydrogens (tertiary/aromatic N) is 1. The van der Waals surface area contributed by atoms with Gasteiger partial charge in [-0.1, -0.05) is 0 Å². The summed E-state index contributed by atoms with van der Waals surface area (Å²) in [5.74, 6) is 2.61. The third-order valence-electron chi connectivity index (χ3n) is 3.15. The van der Waals surface area contributed by atoms with Crippen LogP contribution in [-0.2, 0) is 4.79 Å². The zero-order chi connectivity index (χ0) is 9.97. The molecule has 2 aliphatic rings. The lowest BCUT2D eigenvalue weighted by atomic mass is 10.1. The van der Waals surface area contributed by atoms with Crippen molar-refractivity contribution < 1.29 is 9.90 Å². The summed E-state index contributed by atoms with van der Waals surface area (Å²) in [4.78, 5) is 13.9. The van der Waals surface area contributed by atoms with Crippen molar-refractivity contribution in [3.63, 3.8) is 0 Å². The lowest BCUT2D eigenvalue weighted by Gasteiger charge is -2.25. The van der Waals surface area contributed by atoms with E-state index in [0.717, 1.165) is 37.3 Å². The maximum Gasteiger partial charge on any atom is 0.226 e. The monoisotopic (exact) mass is 215 g/mol. The Labute approximate surface area is 88.9 Å². The molecule has 0 spiro atoms. The second-order valence-corrected chi connectivity index (χ2v) is 5.22. The summed E-state index contributed by atoms with van der Waals surface area (Å²) in [6.07, 6.45) is 3.05. The number of hydrogen-bond donors (Lipinski definition) is 1. The summed E-state index contributed by atoms with van der Waals surface area (Å²) in [5, 5.41) is 9.13. The van der Waals surface area contributed by atoms with Crippen LogP contribution in [0.25, 0.3) is 0 Å². The SMILES string of the molecule is O=C(C1CCSC1)N1CCCC1CO. The minimum atomic E-state index is 0.105. The van der Waals surface area contributed by atoms with E-state index in [-0.39, 0.29) is 24.5 Å². The molecular formula is C10H17NO2S. The molecule has 0 aromatic rings. The smallest absolute Gasteiger partial charge is 0.226 e. The highest BCUT2D eigenvalue weighted by Crippen LogP contribution is 2.28. The molecule has 1 N–H and O–H groups in total. The van der Waals surface area contributed by atoms with Gasteiger partial charge in [0.1, 0.15) is 0 Å². The van der Waals surface area contributed by atoms with E-state index >= 15 is 0 Å². The molecule has 0 radical (unpaired) electrons. The van der Waals surface area contributed by atoms with Crippen molar-refractivity contribution in [1.29, 1.82) is 0 Å². The molecule has 14 heavy (non-hydrogen) atoms. The molecule has 0 aliphatic carbocycles. The summed E-state index contributed by atoms with van der Waals surface area (Å²) >= 11 is 1.87. The molecular weight excluding hydrogens is 198 g/mol. The Morgan fingerprint density at radius 1 is 1.50 bits per heavy atom. The Kier molecular flexibility index (Phi) is 3.34. The van der Waals surface area contributed by atoms with E-state index in [1.807, 2.05) is 16.7 Å². The standard InChI is InChI=1S/C10H17NO2S/c12-6-9-2-1-4-11(9)10(13)8-3-5-14-7-8/h8-9,12H,1-7H2. The van der Waals surface area contributed by atoms with E-state index in [0.29, 0.717) is 0 Å². The van der Waals surface area contributed by atoms with Crippen LogP contribution < -0.4 is 0 Å². The molecule has 1 amide bonds. The second-order valence-electron chi connectivity index (χ2n) is 4.07. The minimum absolute atomic E-state index is 0.105. The van der Waals surface area contributed by atoms with Crippen LogP contribution >= 0.6 is 11.8 Å². The number of carbonyl (C=O) groups excluding carboxylic acids is 1. The van der Waals surface area contributed by atoms with Crippen LogP contribution in [0, 0.1) is 5.92 Å². The number of aliphatic hydroxyl groups excluding tert-OH is 1. The average molecular weight is 215 g/mol. The number of likely N-dealkylation sites (tertiary alicyclic amines) is 1.